The summed E-state index contributed by atoms with van der Waals surface area (Å²) in [6, 6.07) is 18.1. The molecule has 0 aliphatic carbocycles. The first kappa shape index (κ1) is 22.2. The highest BCUT2D eigenvalue weighted by Gasteiger charge is 2.13. The number of hydrogen-bond donors (Lipinski definition) is 2. The number of carbonyl (C=O) groups excluding carboxylic acids is 2. The van der Waals surface area contributed by atoms with Gasteiger partial charge in [0, 0.05) is 43.0 Å². The molecule has 4 rings (SSSR count). The molecule has 0 saturated carbocycles. The monoisotopic (exact) mass is 447 g/mol. The zero-order valence-electron chi connectivity index (χ0n) is 18.3. The number of rotatable bonds is 7. The number of nitrogens with one attached hydrogen (secondary N) is 2. The van der Waals surface area contributed by atoms with Crippen molar-refractivity contribution in [2.24, 2.45) is 0 Å². The number of aromatic nitrogens is 2. The molecule has 2 amide bonds. The third-order valence-corrected chi connectivity index (χ3v) is 4.95. The third-order valence-electron chi connectivity index (χ3n) is 4.95. The van der Waals surface area contributed by atoms with E-state index in [0.29, 0.717) is 36.0 Å². The van der Waals surface area contributed by atoms with Crippen LogP contribution in [0.4, 0.5) is 17.2 Å². The minimum absolute atomic E-state index is 0.165. The Morgan fingerprint density at radius 3 is 2.45 bits per heavy atom. The van der Waals surface area contributed by atoms with E-state index in [1.165, 1.54) is 6.92 Å². The van der Waals surface area contributed by atoms with E-state index in [0.717, 1.165) is 24.5 Å². The number of ether oxygens (including phenoxy) is 2. The summed E-state index contributed by atoms with van der Waals surface area (Å²) < 4.78 is 10.9. The minimum Gasteiger partial charge on any atom is -0.484 e. The Morgan fingerprint density at radius 1 is 0.970 bits per heavy atom. The van der Waals surface area contributed by atoms with E-state index in [9.17, 15) is 9.59 Å². The van der Waals surface area contributed by atoms with Crippen molar-refractivity contribution in [2.75, 3.05) is 48.4 Å². The summed E-state index contributed by atoms with van der Waals surface area (Å²) in [4.78, 5) is 25.7. The second-order valence-electron chi connectivity index (χ2n) is 7.50. The van der Waals surface area contributed by atoms with Gasteiger partial charge >= 0.3 is 0 Å². The van der Waals surface area contributed by atoms with Crippen LogP contribution in [0.2, 0.25) is 0 Å². The molecule has 1 aliphatic heterocycles. The number of hydrogen-bond acceptors (Lipinski definition) is 7. The lowest BCUT2D eigenvalue weighted by molar-refractivity contribution is -0.118. The van der Waals surface area contributed by atoms with Crippen LogP contribution in [0.3, 0.4) is 0 Å². The summed E-state index contributed by atoms with van der Waals surface area (Å²) in [6.45, 7) is 4.25. The molecule has 9 heteroatoms. The van der Waals surface area contributed by atoms with E-state index in [1.54, 1.807) is 30.3 Å². The van der Waals surface area contributed by atoms with Crippen molar-refractivity contribution in [2.45, 2.75) is 6.92 Å². The van der Waals surface area contributed by atoms with Gasteiger partial charge < -0.3 is 25.0 Å². The van der Waals surface area contributed by atoms with E-state index in [-0.39, 0.29) is 18.4 Å². The van der Waals surface area contributed by atoms with Crippen molar-refractivity contribution in [3.8, 4) is 17.0 Å². The second kappa shape index (κ2) is 10.6. The number of morpholine rings is 1. The Bertz CT molecular complexity index is 1110. The van der Waals surface area contributed by atoms with Crippen molar-refractivity contribution in [1.29, 1.82) is 0 Å². The first-order valence-electron chi connectivity index (χ1n) is 10.6. The van der Waals surface area contributed by atoms with Crippen molar-refractivity contribution in [3.05, 3.63) is 60.7 Å². The number of carbonyl (C=O) groups is 2. The van der Waals surface area contributed by atoms with Crippen LogP contribution in [0.25, 0.3) is 11.3 Å². The van der Waals surface area contributed by atoms with Gasteiger partial charge in [0.15, 0.2) is 12.4 Å². The Hall–Kier alpha value is -3.98. The Balaban J connectivity index is 1.35. The molecule has 1 aromatic heterocycles. The molecule has 3 aromatic rings. The molecule has 1 aliphatic rings. The lowest BCUT2D eigenvalue weighted by Gasteiger charge is -2.27. The van der Waals surface area contributed by atoms with Crippen LogP contribution in [0.15, 0.2) is 60.7 Å². The molecular weight excluding hydrogens is 422 g/mol. The summed E-state index contributed by atoms with van der Waals surface area (Å²) in [5, 5.41) is 14.2. The lowest BCUT2D eigenvalue weighted by atomic mass is 10.1. The second-order valence-corrected chi connectivity index (χ2v) is 7.50. The maximum Gasteiger partial charge on any atom is 0.262 e. The molecule has 0 radical (unpaired) electrons. The number of anilines is 3. The molecule has 9 nitrogen and oxygen atoms in total. The van der Waals surface area contributed by atoms with Crippen LogP contribution in [0.1, 0.15) is 6.92 Å². The van der Waals surface area contributed by atoms with Crippen LogP contribution < -0.4 is 20.3 Å². The van der Waals surface area contributed by atoms with E-state index in [4.69, 9.17) is 9.47 Å². The van der Waals surface area contributed by atoms with Gasteiger partial charge in [-0.05, 0) is 36.4 Å². The van der Waals surface area contributed by atoms with Gasteiger partial charge in [0.25, 0.3) is 5.91 Å². The molecule has 0 spiro atoms. The fourth-order valence-electron chi connectivity index (χ4n) is 3.41. The zero-order chi connectivity index (χ0) is 23.0. The smallest absolute Gasteiger partial charge is 0.262 e. The first-order chi connectivity index (χ1) is 16.1. The highest BCUT2D eigenvalue weighted by Crippen LogP contribution is 2.22. The van der Waals surface area contributed by atoms with Gasteiger partial charge in [-0.1, -0.05) is 18.2 Å². The fourth-order valence-corrected chi connectivity index (χ4v) is 3.41. The quantitative estimate of drug-likeness (QED) is 0.574. The molecular formula is C24H25N5O4. The van der Waals surface area contributed by atoms with Gasteiger partial charge in [-0.25, -0.2) is 0 Å². The van der Waals surface area contributed by atoms with E-state index in [2.05, 4.69) is 25.7 Å². The van der Waals surface area contributed by atoms with Crippen molar-refractivity contribution in [1.82, 2.24) is 10.2 Å². The van der Waals surface area contributed by atoms with Crippen LogP contribution in [-0.2, 0) is 14.3 Å². The predicted octanol–water partition coefficient (Wildman–Crippen LogP) is 2.96. The Labute approximate surface area is 191 Å². The summed E-state index contributed by atoms with van der Waals surface area (Å²) in [6.07, 6.45) is 0. The molecule has 1 fully saturated rings. The molecule has 2 heterocycles. The minimum atomic E-state index is -0.300. The van der Waals surface area contributed by atoms with Gasteiger partial charge in [-0.3, -0.25) is 9.59 Å². The standard InChI is InChI=1S/C24H25N5O4/c1-17(30)25-20-6-3-7-21(15-20)33-16-24(31)26-19-5-2-4-18(14-19)22-8-9-23(28-27-22)29-10-12-32-13-11-29/h2-9,14-15H,10-13,16H2,1H3,(H,25,30)(H,26,31). The highest BCUT2D eigenvalue weighted by molar-refractivity contribution is 5.92. The van der Waals surface area contributed by atoms with Gasteiger partial charge in [-0.15, -0.1) is 10.2 Å². The lowest BCUT2D eigenvalue weighted by Crippen LogP contribution is -2.36. The largest absolute Gasteiger partial charge is 0.484 e. The summed E-state index contributed by atoms with van der Waals surface area (Å²) >= 11 is 0. The van der Waals surface area contributed by atoms with Gasteiger partial charge in [0.05, 0.1) is 18.9 Å². The predicted molar refractivity (Wildman–Crippen MR) is 125 cm³/mol. The molecule has 0 bridgehead atoms. The molecule has 0 unspecified atom stereocenters. The maximum absolute atomic E-state index is 12.4. The molecule has 0 atom stereocenters. The van der Waals surface area contributed by atoms with Crippen molar-refractivity contribution in [3.63, 3.8) is 0 Å². The van der Waals surface area contributed by atoms with Gasteiger partial charge in [0.1, 0.15) is 5.75 Å². The van der Waals surface area contributed by atoms with Crippen LogP contribution in [0, 0.1) is 0 Å². The van der Waals surface area contributed by atoms with Crippen molar-refractivity contribution < 1.29 is 19.1 Å². The van der Waals surface area contributed by atoms with Crippen LogP contribution in [-0.4, -0.2) is 54.9 Å². The average Bonchev–Trinajstić information content (AvgIpc) is 2.83. The molecule has 2 N–H and O–H groups in total. The first-order valence-corrected chi connectivity index (χ1v) is 10.6. The van der Waals surface area contributed by atoms with E-state index in [1.807, 2.05) is 30.3 Å². The van der Waals surface area contributed by atoms with Gasteiger partial charge in [-0.2, -0.15) is 0 Å². The SMILES string of the molecule is CC(=O)Nc1cccc(OCC(=O)Nc2cccc(-c3ccc(N4CCOCC4)nn3)c2)c1. The van der Waals surface area contributed by atoms with E-state index >= 15 is 0 Å². The molecule has 2 aromatic carbocycles. The highest BCUT2D eigenvalue weighted by atomic mass is 16.5. The van der Waals surface area contributed by atoms with Gasteiger partial charge in [0.2, 0.25) is 5.91 Å². The fraction of sp³-hybridized carbons (Fsp3) is 0.250. The third kappa shape index (κ3) is 6.27. The van der Waals surface area contributed by atoms with Crippen molar-refractivity contribution >= 4 is 29.0 Å². The summed E-state index contributed by atoms with van der Waals surface area (Å²) in [5.41, 5.74) is 2.80. The maximum atomic E-state index is 12.4. The Kier molecular flexibility index (Phi) is 7.11. The van der Waals surface area contributed by atoms with Crippen LogP contribution in [0.5, 0.6) is 5.75 Å². The normalized spacial score (nSPS) is 13.3. The summed E-state index contributed by atoms with van der Waals surface area (Å²) in [5.74, 6) is 0.836. The Morgan fingerprint density at radius 2 is 1.73 bits per heavy atom. The number of nitrogens with zero attached hydrogens (tertiary/aromatic N) is 3. The molecule has 170 valence electrons. The van der Waals surface area contributed by atoms with E-state index < -0.39 is 0 Å². The number of amides is 2. The molecule has 33 heavy (non-hydrogen) atoms. The topological polar surface area (TPSA) is 106 Å². The molecule has 1 saturated heterocycles. The zero-order valence-corrected chi connectivity index (χ0v) is 18.3. The summed E-state index contributed by atoms with van der Waals surface area (Å²) in [7, 11) is 0. The number of benzene rings is 2. The van der Waals surface area contributed by atoms with Crippen LogP contribution >= 0.6 is 0 Å². The average molecular weight is 447 g/mol.